The Bertz CT molecular complexity index is 1280. The molecule has 7 nitrogen and oxygen atoms in total. The highest BCUT2D eigenvalue weighted by Gasteiger charge is 2.38. The molecule has 2 aromatic heterocycles. The van der Waals surface area contributed by atoms with Crippen LogP contribution in [0.1, 0.15) is 19.3 Å². The van der Waals surface area contributed by atoms with Crippen LogP contribution in [0.5, 0.6) is 5.75 Å². The Hall–Kier alpha value is -1.72. The van der Waals surface area contributed by atoms with Gasteiger partial charge < -0.3 is 9.30 Å². The van der Waals surface area contributed by atoms with Crippen LogP contribution in [0.4, 0.5) is 0 Å². The lowest BCUT2D eigenvalue weighted by Crippen LogP contribution is -2.47. The van der Waals surface area contributed by atoms with Gasteiger partial charge in [-0.05, 0) is 37.1 Å². The predicted octanol–water partition coefficient (Wildman–Crippen LogP) is 3.63. The lowest BCUT2D eigenvalue weighted by Gasteiger charge is -2.31. The molecule has 1 fully saturated rings. The molecule has 0 aliphatic carbocycles. The quantitative estimate of drug-likeness (QED) is 0.565. The Kier molecular flexibility index (Phi) is 6.04. The Morgan fingerprint density at radius 3 is 2.73 bits per heavy atom. The molecule has 1 aliphatic rings. The number of thiazole rings is 1. The van der Waals surface area contributed by atoms with Crippen molar-refractivity contribution in [1.29, 1.82) is 0 Å². The Balaban J connectivity index is 1.73. The van der Waals surface area contributed by atoms with Crippen LogP contribution in [0.2, 0.25) is 4.34 Å². The van der Waals surface area contributed by atoms with Crippen molar-refractivity contribution in [2.75, 3.05) is 13.7 Å². The van der Waals surface area contributed by atoms with Crippen molar-refractivity contribution in [2.45, 2.75) is 29.5 Å². The third kappa shape index (κ3) is 3.82. The molecule has 0 spiro atoms. The van der Waals surface area contributed by atoms with Crippen molar-refractivity contribution in [3.63, 3.8) is 0 Å². The first kappa shape index (κ1) is 21.5. The Morgan fingerprint density at radius 2 is 2.03 bits per heavy atom. The maximum atomic E-state index is 13.1. The standard InChI is InChI=1S/C19H20ClN3O4S3/c1-22-17-13(27-2)7-5-8-14(17)28-19(22)21-18(24)12-6-3-4-11-23(12)30(25,26)16-10-9-15(20)29-16/h5,7-10,12H,3-4,6,11H2,1-2H3. The van der Waals surface area contributed by atoms with E-state index in [0.29, 0.717) is 27.7 Å². The fourth-order valence-corrected chi connectivity index (χ4v) is 7.90. The van der Waals surface area contributed by atoms with E-state index in [1.807, 2.05) is 25.2 Å². The summed E-state index contributed by atoms with van der Waals surface area (Å²) in [5, 5.41) is 0. The predicted molar refractivity (Wildman–Crippen MR) is 119 cm³/mol. The monoisotopic (exact) mass is 485 g/mol. The number of piperidine rings is 1. The number of methoxy groups -OCH3 is 1. The van der Waals surface area contributed by atoms with Gasteiger partial charge in [-0.25, -0.2) is 8.42 Å². The normalized spacial score (nSPS) is 18.8. The number of carbonyl (C=O) groups excluding carboxylic acids is 1. The van der Waals surface area contributed by atoms with E-state index >= 15 is 0 Å². The van der Waals surface area contributed by atoms with Crippen molar-refractivity contribution in [1.82, 2.24) is 8.87 Å². The topological polar surface area (TPSA) is 81.0 Å². The molecular formula is C19H20ClN3O4S3. The summed E-state index contributed by atoms with van der Waals surface area (Å²) in [6.45, 7) is 0.288. The van der Waals surface area contributed by atoms with Crippen LogP contribution in [-0.2, 0) is 21.9 Å². The molecule has 4 rings (SSSR count). The number of aromatic nitrogens is 1. The largest absolute Gasteiger partial charge is 0.495 e. The van der Waals surface area contributed by atoms with Gasteiger partial charge in [-0.3, -0.25) is 4.79 Å². The average molecular weight is 486 g/mol. The SMILES string of the molecule is COc1cccc2sc(=NC(=O)C3CCCCN3S(=O)(=O)c3ccc(Cl)s3)n(C)c12. The Morgan fingerprint density at radius 1 is 1.23 bits per heavy atom. The molecule has 0 saturated carbocycles. The number of thiophene rings is 1. The Labute approximate surface area is 187 Å². The first-order valence-corrected chi connectivity index (χ1v) is 12.8. The second-order valence-corrected chi connectivity index (χ2v) is 11.7. The van der Waals surface area contributed by atoms with E-state index in [-0.39, 0.29) is 10.8 Å². The lowest BCUT2D eigenvalue weighted by molar-refractivity contribution is -0.122. The van der Waals surface area contributed by atoms with Crippen molar-refractivity contribution in [3.8, 4) is 5.75 Å². The highest BCUT2D eigenvalue weighted by molar-refractivity contribution is 7.91. The number of sulfonamides is 1. The number of benzene rings is 1. The van der Waals surface area contributed by atoms with Crippen molar-refractivity contribution < 1.29 is 17.9 Å². The summed E-state index contributed by atoms with van der Waals surface area (Å²) in [7, 11) is -0.401. The maximum absolute atomic E-state index is 13.1. The molecule has 30 heavy (non-hydrogen) atoms. The van der Waals surface area contributed by atoms with Crippen LogP contribution in [-0.4, -0.2) is 42.9 Å². The van der Waals surface area contributed by atoms with Gasteiger partial charge in [0.2, 0.25) is 0 Å². The molecule has 1 saturated heterocycles. The van der Waals surface area contributed by atoms with Gasteiger partial charge in [-0.1, -0.05) is 35.4 Å². The van der Waals surface area contributed by atoms with Gasteiger partial charge in [0, 0.05) is 13.6 Å². The van der Waals surface area contributed by atoms with E-state index in [1.165, 1.54) is 21.7 Å². The number of carbonyl (C=O) groups is 1. The van der Waals surface area contributed by atoms with Gasteiger partial charge in [0.25, 0.3) is 15.9 Å². The van der Waals surface area contributed by atoms with Gasteiger partial charge in [0.1, 0.15) is 21.5 Å². The van der Waals surface area contributed by atoms with E-state index in [9.17, 15) is 13.2 Å². The number of halogens is 1. The molecule has 0 radical (unpaired) electrons. The first-order valence-electron chi connectivity index (χ1n) is 9.31. The third-order valence-corrected chi connectivity index (χ3v) is 9.77. The summed E-state index contributed by atoms with van der Waals surface area (Å²) in [5.74, 6) is 0.235. The molecule has 0 N–H and O–H groups in total. The molecular weight excluding hydrogens is 466 g/mol. The molecule has 3 aromatic rings. The fraction of sp³-hybridized carbons (Fsp3) is 0.368. The minimum Gasteiger partial charge on any atom is -0.495 e. The molecule has 1 aromatic carbocycles. The minimum atomic E-state index is -3.81. The number of hydrogen-bond donors (Lipinski definition) is 0. The zero-order chi connectivity index (χ0) is 21.5. The number of aryl methyl sites for hydroxylation is 1. The lowest BCUT2D eigenvalue weighted by atomic mass is 10.0. The second-order valence-electron chi connectivity index (χ2n) is 6.89. The number of nitrogens with zero attached hydrogens (tertiary/aromatic N) is 3. The molecule has 11 heteroatoms. The number of rotatable bonds is 4. The van der Waals surface area contributed by atoms with Crippen LogP contribution in [0.3, 0.4) is 0 Å². The number of fused-ring (bicyclic) bond motifs is 1. The van der Waals surface area contributed by atoms with Crippen molar-refractivity contribution in [3.05, 3.63) is 39.5 Å². The molecule has 1 atom stereocenters. The van der Waals surface area contributed by atoms with Gasteiger partial charge in [0.15, 0.2) is 4.80 Å². The molecule has 1 amide bonds. The van der Waals surface area contributed by atoms with Crippen molar-refractivity contribution >= 4 is 60.4 Å². The fourth-order valence-electron chi connectivity index (χ4n) is 3.60. The van der Waals surface area contributed by atoms with Crippen LogP contribution in [0, 0.1) is 0 Å². The number of amides is 1. The summed E-state index contributed by atoms with van der Waals surface area (Å²) in [6.07, 6.45) is 1.92. The molecule has 3 heterocycles. The number of para-hydroxylation sites is 1. The molecule has 160 valence electrons. The first-order chi connectivity index (χ1) is 14.3. The van der Waals surface area contributed by atoms with Gasteiger partial charge in [0.05, 0.1) is 16.1 Å². The van der Waals surface area contributed by atoms with Crippen LogP contribution >= 0.6 is 34.3 Å². The van der Waals surface area contributed by atoms with E-state index in [1.54, 1.807) is 17.7 Å². The van der Waals surface area contributed by atoms with E-state index in [4.69, 9.17) is 16.3 Å². The van der Waals surface area contributed by atoms with E-state index < -0.39 is 22.0 Å². The molecule has 1 aliphatic heterocycles. The van der Waals surface area contributed by atoms with Crippen LogP contribution in [0.15, 0.2) is 39.5 Å². The highest BCUT2D eigenvalue weighted by atomic mass is 35.5. The summed E-state index contributed by atoms with van der Waals surface area (Å²) >= 11 is 8.29. The van der Waals surface area contributed by atoms with Crippen molar-refractivity contribution in [2.24, 2.45) is 12.0 Å². The summed E-state index contributed by atoms with van der Waals surface area (Å²) < 4.78 is 36.2. The zero-order valence-electron chi connectivity index (χ0n) is 16.4. The second kappa shape index (κ2) is 8.43. The zero-order valence-corrected chi connectivity index (χ0v) is 19.6. The summed E-state index contributed by atoms with van der Waals surface area (Å²) in [5.41, 5.74) is 0.845. The number of ether oxygens (including phenoxy) is 1. The van der Waals surface area contributed by atoms with Crippen LogP contribution in [0.25, 0.3) is 10.2 Å². The van der Waals surface area contributed by atoms with E-state index in [0.717, 1.165) is 28.0 Å². The van der Waals surface area contributed by atoms with Gasteiger partial charge in [-0.15, -0.1) is 11.3 Å². The molecule has 0 bridgehead atoms. The maximum Gasteiger partial charge on any atom is 0.266 e. The average Bonchev–Trinajstić information content (AvgIpc) is 3.32. The third-order valence-electron chi connectivity index (χ3n) is 5.06. The van der Waals surface area contributed by atoms with E-state index in [2.05, 4.69) is 4.99 Å². The summed E-state index contributed by atoms with van der Waals surface area (Å²) in [6, 6.07) is 7.87. The summed E-state index contributed by atoms with van der Waals surface area (Å²) in [4.78, 5) is 17.9. The minimum absolute atomic E-state index is 0.143. The smallest absolute Gasteiger partial charge is 0.266 e. The van der Waals surface area contributed by atoms with Gasteiger partial charge >= 0.3 is 0 Å². The molecule has 1 unspecified atom stereocenters. The number of hydrogen-bond acceptors (Lipinski definition) is 6. The van der Waals surface area contributed by atoms with Gasteiger partial charge in [-0.2, -0.15) is 9.30 Å². The van der Waals surface area contributed by atoms with Crippen LogP contribution < -0.4 is 9.54 Å². The highest BCUT2D eigenvalue weighted by Crippen LogP contribution is 2.32.